The molecule has 3 heterocycles. The first-order chi connectivity index (χ1) is 20.9. The number of carbonyl (C=O) groups is 2. The molecule has 6 rings (SSSR count). The van der Waals surface area contributed by atoms with Crippen LogP contribution in [0.25, 0.3) is 0 Å². The number of aromatic nitrogens is 1. The van der Waals surface area contributed by atoms with Crippen LogP contribution in [-0.4, -0.2) is 56.9 Å². The monoisotopic (exact) mass is 585 g/mol. The van der Waals surface area contributed by atoms with Crippen molar-refractivity contribution in [1.29, 1.82) is 0 Å². The van der Waals surface area contributed by atoms with Crippen LogP contribution in [0.15, 0.2) is 85.2 Å². The number of imide groups is 1. The van der Waals surface area contributed by atoms with Crippen LogP contribution in [0.5, 0.6) is 0 Å². The van der Waals surface area contributed by atoms with Crippen molar-refractivity contribution in [3.8, 4) is 0 Å². The van der Waals surface area contributed by atoms with Gasteiger partial charge in [0, 0.05) is 49.2 Å². The third-order valence-corrected chi connectivity index (χ3v) is 9.20. The summed E-state index contributed by atoms with van der Waals surface area (Å²) < 4.78 is 28.0. The molecule has 1 saturated heterocycles. The molecule has 1 unspecified atom stereocenters. The number of urea groups is 2. The van der Waals surface area contributed by atoms with Crippen LogP contribution in [0.2, 0.25) is 0 Å². The van der Waals surface area contributed by atoms with Crippen molar-refractivity contribution in [1.82, 2.24) is 25.0 Å². The van der Waals surface area contributed by atoms with Gasteiger partial charge in [0.25, 0.3) is 0 Å². The quantitative estimate of drug-likeness (QED) is 0.341. The van der Waals surface area contributed by atoms with Gasteiger partial charge >= 0.3 is 12.1 Å². The van der Waals surface area contributed by atoms with Gasteiger partial charge in [-0.3, -0.25) is 14.8 Å². The van der Waals surface area contributed by atoms with Crippen LogP contribution in [0.3, 0.4) is 0 Å². The maximum absolute atomic E-state index is 14.2. The molecular formula is C34H37F2N5O2. The first kappa shape index (κ1) is 29.0. The topological polar surface area (TPSA) is 68.8 Å². The molecule has 0 radical (unpaired) electrons. The van der Waals surface area contributed by atoms with E-state index >= 15 is 0 Å². The summed E-state index contributed by atoms with van der Waals surface area (Å²) in [6.07, 6.45) is 10.3. The number of hydrogen-bond acceptors (Lipinski definition) is 4. The zero-order valence-corrected chi connectivity index (χ0v) is 24.3. The van der Waals surface area contributed by atoms with E-state index in [0.29, 0.717) is 24.1 Å². The third-order valence-electron chi connectivity index (χ3n) is 9.20. The van der Waals surface area contributed by atoms with Crippen molar-refractivity contribution >= 4 is 12.1 Å². The molecule has 2 aliphatic heterocycles. The number of amides is 4. The molecule has 7 nitrogen and oxygen atoms in total. The van der Waals surface area contributed by atoms with E-state index in [4.69, 9.17) is 0 Å². The Kier molecular flexibility index (Phi) is 8.51. The smallest absolute Gasteiger partial charge is 0.333 e. The molecule has 3 atom stereocenters. The van der Waals surface area contributed by atoms with Gasteiger partial charge < -0.3 is 5.32 Å². The van der Waals surface area contributed by atoms with Crippen molar-refractivity contribution in [2.24, 2.45) is 0 Å². The average molecular weight is 586 g/mol. The second-order valence-corrected chi connectivity index (χ2v) is 11.8. The van der Waals surface area contributed by atoms with Crippen molar-refractivity contribution < 1.29 is 18.4 Å². The molecule has 0 spiro atoms. The maximum atomic E-state index is 14.2. The number of nitrogens with one attached hydrogen (secondary N) is 1. The van der Waals surface area contributed by atoms with Gasteiger partial charge in [0.05, 0.1) is 12.1 Å². The van der Waals surface area contributed by atoms with E-state index < -0.39 is 29.7 Å². The molecule has 3 aliphatic rings. The van der Waals surface area contributed by atoms with E-state index in [1.54, 1.807) is 12.3 Å². The lowest BCUT2D eigenvalue weighted by atomic mass is 9.83. The summed E-state index contributed by atoms with van der Waals surface area (Å²) in [6, 6.07) is 17.2. The number of rotatable bonds is 6. The number of pyridine rings is 1. The van der Waals surface area contributed by atoms with Crippen LogP contribution in [0.1, 0.15) is 73.9 Å². The van der Waals surface area contributed by atoms with Crippen LogP contribution < -0.4 is 5.32 Å². The molecule has 2 fully saturated rings. The van der Waals surface area contributed by atoms with Gasteiger partial charge in [0.2, 0.25) is 0 Å². The summed E-state index contributed by atoms with van der Waals surface area (Å²) in [4.78, 5) is 37.4. The van der Waals surface area contributed by atoms with Crippen molar-refractivity contribution in [2.75, 3.05) is 13.1 Å². The van der Waals surface area contributed by atoms with E-state index in [0.717, 1.165) is 61.2 Å². The zero-order chi connectivity index (χ0) is 29.9. The van der Waals surface area contributed by atoms with E-state index in [9.17, 15) is 18.4 Å². The van der Waals surface area contributed by atoms with Gasteiger partial charge in [0.15, 0.2) is 11.6 Å². The molecule has 3 aromatic rings. The predicted molar refractivity (Wildman–Crippen MR) is 160 cm³/mol. The minimum Gasteiger partial charge on any atom is -0.333 e. The molecule has 224 valence electrons. The van der Waals surface area contributed by atoms with Gasteiger partial charge in [-0.05, 0) is 80.5 Å². The average Bonchev–Trinajstić information content (AvgIpc) is 3.51. The summed E-state index contributed by atoms with van der Waals surface area (Å²) in [5.41, 5.74) is 2.40. The number of halogens is 2. The number of nitrogens with zero attached hydrogens (tertiary/aromatic N) is 4. The molecule has 1 N–H and O–H groups in total. The Balaban J connectivity index is 1.15. The third kappa shape index (κ3) is 6.18. The molecule has 1 aliphatic carbocycles. The van der Waals surface area contributed by atoms with Crippen LogP contribution in [0, 0.1) is 11.6 Å². The largest absolute Gasteiger partial charge is 0.333 e. The molecule has 1 saturated carbocycles. The van der Waals surface area contributed by atoms with Crippen LogP contribution in [-0.2, 0) is 0 Å². The van der Waals surface area contributed by atoms with Gasteiger partial charge in [-0.1, -0.05) is 42.5 Å². The SMILES string of the molecule is C[C@H](c1ccccc1)N1C=CC(c2ccc(F)c(F)c2)N(C(=O)N[C@@H]2CCN(C3CCC(c4ccccn4)CC3)C2)C1=O. The van der Waals surface area contributed by atoms with Gasteiger partial charge in [-0.15, -0.1) is 0 Å². The lowest BCUT2D eigenvalue weighted by molar-refractivity contribution is 0.139. The predicted octanol–water partition coefficient (Wildman–Crippen LogP) is 6.92. The summed E-state index contributed by atoms with van der Waals surface area (Å²) in [5, 5.41) is 3.09. The fraction of sp³-hybridized carbons (Fsp3) is 0.382. The maximum Gasteiger partial charge on any atom is 0.333 e. The summed E-state index contributed by atoms with van der Waals surface area (Å²) in [5.74, 6) is -1.52. The number of benzene rings is 2. The van der Waals surface area contributed by atoms with E-state index in [-0.39, 0.29) is 12.1 Å². The van der Waals surface area contributed by atoms with E-state index in [2.05, 4.69) is 21.3 Å². The van der Waals surface area contributed by atoms with Crippen molar-refractivity contribution in [3.63, 3.8) is 0 Å². The first-order valence-corrected chi connectivity index (χ1v) is 15.1. The van der Waals surface area contributed by atoms with Gasteiger partial charge in [-0.2, -0.15) is 0 Å². The van der Waals surface area contributed by atoms with E-state index in [1.807, 2.05) is 55.6 Å². The first-order valence-electron chi connectivity index (χ1n) is 15.1. The van der Waals surface area contributed by atoms with Crippen molar-refractivity contribution in [3.05, 3.63) is 114 Å². The Hall–Kier alpha value is -4.11. The number of likely N-dealkylation sites (tertiary alicyclic amines) is 1. The standard InChI is InChI=1S/C34H37F2N5O2/c1-23(24-7-3-2-4-8-24)40-20-17-32(26-12-15-29(35)30(36)21-26)41(34(40)43)33(42)38-27-16-19-39(22-27)28-13-10-25(11-14-28)31-9-5-6-18-37-31/h2-9,12,15,17-18,20-21,23,25,27-28,32H,10-11,13-14,16,19,22H2,1H3,(H,38,42)/t23-,25?,27-,28?,32?/m1/s1. The minimum atomic E-state index is -1.03. The highest BCUT2D eigenvalue weighted by Gasteiger charge is 2.40. The Morgan fingerprint density at radius 3 is 2.44 bits per heavy atom. The lowest BCUT2D eigenvalue weighted by Gasteiger charge is -2.39. The Morgan fingerprint density at radius 1 is 0.953 bits per heavy atom. The Labute approximate surface area is 251 Å². The number of hydrogen-bond donors (Lipinski definition) is 1. The lowest BCUT2D eigenvalue weighted by Crippen LogP contribution is -2.54. The molecular weight excluding hydrogens is 548 g/mol. The minimum absolute atomic E-state index is 0.120. The molecule has 2 aromatic carbocycles. The second-order valence-electron chi connectivity index (χ2n) is 11.8. The molecule has 43 heavy (non-hydrogen) atoms. The second kappa shape index (κ2) is 12.6. The zero-order valence-electron chi connectivity index (χ0n) is 24.3. The summed E-state index contributed by atoms with van der Waals surface area (Å²) >= 11 is 0. The van der Waals surface area contributed by atoms with Crippen molar-refractivity contribution in [2.45, 2.75) is 69.1 Å². The van der Waals surface area contributed by atoms with Gasteiger partial charge in [-0.25, -0.2) is 23.3 Å². The highest BCUT2D eigenvalue weighted by atomic mass is 19.2. The highest BCUT2D eigenvalue weighted by Crippen LogP contribution is 2.36. The Bertz CT molecular complexity index is 1460. The Morgan fingerprint density at radius 2 is 1.72 bits per heavy atom. The normalized spacial score (nSPS) is 25.1. The van der Waals surface area contributed by atoms with E-state index in [1.165, 1.54) is 16.7 Å². The molecule has 4 amide bonds. The van der Waals surface area contributed by atoms with Gasteiger partial charge in [0.1, 0.15) is 0 Å². The number of carbonyl (C=O) groups excluding carboxylic acids is 2. The summed E-state index contributed by atoms with van der Waals surface area (Å²) in [7, 11) is 0. The highest BCUT2D eigenvalue weighted by molar-refractivity contribution is 5.96. The molecule has 9 heteroatoms. The fourth-order valence-corrected chi connectivity index (χ4v) is 6.76. The van der Waals surface area contributed by atoms with Crippen LogP contribution >= 0.6 is 0 Å². The molecule has 0 bridgehead atoms. The molecule has 1 aromatic heterocycles. The van der Waals surface area contributed by atoms with Crippen LogP contribution in [0.4, 0.5) is 18.4 Å². The summed E-state index contributed by atoms with van der Waals surface area (Å²) in [6.45, 7) is 3.48. The fourth-order valence-electron chi connectivity index (χ4n) is 6.76.